The Morgan fingerprint density at radius 3 is 2.52 bits per heavy atom. The van der Waals surface area contributed by atoms with Crippen LogP contribution in [0.4, 0.5) is 11.4 Å². The topological polar surface area (TPSA) is 101 Å². The van der Waals surface area contributed by atoms with E-state index in [4.69, 9.17) is 0 Å². The van der Waals surface area contributed by atoms with Crippen LogP contribution < -0.4 is 9.80 Å². The van der Waals surface area contributed by atoms with Gasteiger partial charge in [-0.15, -0.1) is 0 Å². The number of amides is 3. The van der Waals surface area contributed by atoms with Crippen LogP contribution >= 0.6 is 15.9 Å². The first-order valence-electron chi connectivity index (χ1n) is 14.0. The van der Waals surface area contributed by atoms with Crippen molar-refractivity contribution in [3.05, 3.63) is 106 Å². The molecule has 3 amide bonds. The minimum Gasteiger partial charge on any atom is -0.395 e. The molecule has 2 aliphatic rings. The maximum absolute atomic E-state index is 13.9. The molecule has 0 aliphatic carbocycles. The molecule has 3 aromatic rings. The van der Waals surface area contributed by atoms with Gasteiger partial charge in [0.2, 0.25) is 11.8 Å². The van der Waals surface area contributed by atoms with Crippen LogP contribution in [-0.2, 0) is 33.1 Å². The van der Waals surface area contributed by atoms with Gasteiger partial charge in [0.15, 0.2) is 5.60 Å². The molecule has 2 aliphatic heterocycles. The molecule has 0 unspecified atom stereocenters. The van der Waals surface area contributed by atoms with Crippen LogP contribution in [0.15, 0.2) is 89.4 Å². The van der Waals surface area contributed by atoms with Gasteiger partial charge in [-0.2, -0.15) is 0 Å². The number of nitrogens with zero attached hydrogens (tertiary/aromatic N) is 3. The summed E-state index contributed by atoms with van der Waals surface area (Å²) in [4.78, 5) is 43.8. The third-order valence-corrected chi connectivity index (χ3v) is 8.45. The monoisotopic (exact) mass is 631 g/mol. The summed E-state index contributed by atoms with van der Waals surface area (Å²) in [5, 5.41) is 21.5. The zero-order valence-electron chi connectivity index (χ0n) is 23.4. The second-order valence-electron chi connectivity index (χ2n) is 10.7. The molecule has 0 radical (unpaired) electrons. The van der Waals surface area contributed by atoms with Gasteiger partial charge in [0.05, 0.1) is 18.8 Å². The SMILES string of the molecule is C[C@@H](/C=C/CC(=O)N(CCO)Cc1ccccc1)[C@]1(O)C(=O)N(Cc2cccc(N3CCC3=O)c2)c2ccc(Br)cc21. The van der Waals surface area contributed by atoms with Gasteiger partial charge in [0.1, 0.15) is 0 Å². The zero-order valence-corrected chi connectivity index (χ0v) is 25.0. The third kappa shape index (κ3) is 5.90. The Morgan fingerprint density at radius 2 is 1.83 bits per heavy atom. The molecule has 2 atom stereocenters. The van der Waals surface area contributed by atoms with Crippen molar-refractivity contribution in [1.29, 1.82) is 0 Å². The van der Waals surface area contributed by atoms with Crippen LogP contribution in [0.5, 0.6) is 0 Å². The number of hydrogen-bond donors (Lipinski definition) is 2. The highest BCUT2D eigenvalue weighted by Crippen LogP contribution is 2.47. The van der Waals surface area contributed by atoms with E-state index in [2.05, 4.69) is 15.9 Å². The highest BCUT2D eigenvalue weighted by molar-refractivity contribution is 9.10. The van der Waals surface area contributed by atoms with Crippen molar-refractivity contribution in [2.45, 2.75) is 38.5 Å². The second kappa shape index (κ2) is 12.6. The molecule has 1 saturated heterocycles. The van der Waals surface area contributed by atoms with E-state index in [0.717, 1.165) is 21.3 Å². The summed E-state index contributed by atoms with van der Waals surface area (Å²) < 4.78 is 0.736. The number of anilines is 2. The molecule has 218 valence electrons. The molecule has 2 N–H and O–H groups in total. The molecule has 3 aromatic carbocycles. The fourth-order valence-electron chi connectivity index (χ4n) is 5.53. The minimum absolute atomic E-state index is 0.0680. The Bertz CT molecular complexity index is 1510. The van der Waals surface area contributed by atoms with Crippen molar-refractivity contribution in [1.82, 2.24) is 4.90 Å². The average molecular weight is 633 g/mol. The van der Waals surface area contributed by atoms with E-state index in [0.29, 0.717) is 30.8 Å². The average Bonchev–Trinajstić information content (AvgIpc) is 3.18. The predicted octanol–water partition coefficient (Wildman–Crippen LogP) is 4.52. The van der Waals surface area contributed by atoms with Gasteiger partial charge >= 0.3 is 0 Å². The number of rotatable bonds is 11. The first-order valence-corrected chi connectivity index (χ1v) is 14.8. The Labute approximate surface area is 254 Å². The number of carbonyl (C=O) groups excluding carboxylic acids is 3. The molecule has 8 nitrogen and oxygen atoms in total. The van der Waals surface area contributed by atoms with Gasteiger partial charge < -0.3 is 24.9 Å². The lowest BCUT2D eigenvalue weighted by atomic mass is 9.83. The lowest BCUT2D eigenvalue weighted by molar-refractivity contribution is -0.139. The third-order valence-electron chi connectivity index (χ3n) is 7.96. The quantitative estimate of drug-likeness (QED) is 0.239. The van der Waals surface area contributed by atoms with Crippen molar-refractivity contribution in [3.8, 4) is 0 Å². The fourth-order valence-corrected chi connectivity index (χ4v) is 5.89. The van der Waals surface area contributed by atoms with Crippen LogP contribution in [0.25, 0.3) is 0 Å². The molecular weight excluding hydrogens is 598 g/mol. The number of fused-ring (bicyclic) bond motifs is 1. The smallest absolute Gasteiger partial charge is 0.264 e. The second-order valence-corrected chi connectivity index (χ2v) is 11.6. The van der Waals surface area contributed by atoms with Gasteiger partial charge in [-0.3, -0.25) is 14.4 Å². The molecular formula is C33H34BrN3O5. The summed E-state index contributed by atoms with van der Waals surface area (Å²) in [7, 11) is 0. The molecule has 0 saturated carbocycles. The van der Waals surface area contributed by atoms with Crippen LogP contribution in [-0.4, -0.2) is 52.5 Å². The van der Waals surface area contributed by atoms with E-state index in [1.165, 1.54) is 0 Å². The van der Waals surface area contributed by atoms with Crippen molar-refractivity contribution < 1.29 is 24.6 Å². The summed E-state index contributed by atoms with van der Waals surface area (Å²) >= 11 is 3.48. The van der Waals surface area contributed by atoms with Crippen LogP contribution in [0, 0.1) is 5.92 Å². The van der Waals surface area contributed by atoms with Crippen molar-refractivity contribution in [2.75, 3.05) is 29.5 Å². The van der Waals surface area contributed by atoms with Gasteiger partial charge in [0, 0.05) is 54.1 Å². The molecule has 9 heteroatoms. The number of β-lactam (4-membered cyclic amide) rings is 1. The summed E-state index contributed by atoms with van der Waals surface area (Å²) in [5.74, 6) is -1.17. The summed E-state index contributed by atoms with van der Waals surface area (Å²) in [6, 6.07) is 22.5. The number of aliphatic hydroxyl groups is 2. The van der Waals surface area contributed by atoms with E-state index in [9.17, 15) is 24.6 Å². The van der Waals surface area contributed by atoms with E-state index < -0.39 is 17.4 Å². The molecule has 42 heavy (non-hydrogen) atoms. The van der Waals surface area contributed by atoms with Gasteiger partial charge in [-0.05, 0) is 41.5 Å². The van der Waals surface area contributed by atoms with Gasteiger partial charge in [-0.1, -0.05) is 77.5 Å². The standard InChI is InChI=1S/C33H34BrN3O5/c1-23(7-5-12-30(39)35(17-18-38)21-24-8-3-2-4-9-24)33(42)28-20-26(34)13-14-29(28)37(32(33)41)22-25-10-6-11-27(19-25)36-16-15-31(36)40/h2-11,13-14,19-20,23,38,42H,12,15-18,21-22H2,1H3/b7-5+/t23-,33+/m0/s1. The Kier molecular flexibility index (Phi) is 8.91. The number of hydrogen-bond acceptors (Lipinski definition) is 5. The minimum atomic E-state index is -1.83. The van der Waals surface area contributed by atoms with E-state index in [1.54, 1.807) is 39.8 Å². The normalized spacial score (nSPS) is 18.8. The van der Waals surface area contributed by atoms with Crippen LogP contribution in [0.2, 0.25) is 0 Å². The lowest BCUT2D eigenvalue weighted by Crippen LogP contribution is -2.44. The summed E-state index contributed by atoms with van der Waals surface area (Å²) in [6.07, 6.45) is 3.99. The Hall–Kier alpha value is -3.79. The van der Waals surface area contributed by atoms with Crippen molar-refractivity contribution in [3.63, 3.8) is 0 Å². The van der Waals surface area contributed by atoms with Crippen molar-refractivity contribution >= 4 is 45.0 Å². The van der Waals surface area contributed by atoms with E-state index in [-0.39, 0.29) is 37.9 Å². The highest BCUT2D eigenvalue weighted by Gasteiger charge is 2.52. The number of benzene rings is 3. The number of halogens is 1. The van der Waals surface area contributed by atoms with Gasteiger partial charge in [-0.25, -0.2) is 0 Å². The summed E-state index contributed by atoms with van der Waals surface area (Å²) in [5.41, 5.74) is 1.88. The predicted molar refractivity (Wildman–Crippen MR) is 165 cm³/mol. The molecule has 0 aromatic heterocycles. The molecule has 0 bridgehead atoms. The first-order chi connectivity index (χ1) is 20.2. The molecule has 2 heterocycles. The van der Waals surface area contributed by atoms with Crippen LogP contribution in [0.3, 0.4) is 0 Å². The first kappa shape index (κ1) is 29.7. The Morgan fingerprint density at radius 1 is 1.07 bits per heavy atom. The largest absolute Gasteiger partial charge is 0.395 e. The van der Waals surface area contributed by atoms with Crippen molar-refractivity contribution in [2.24, 2.45) is 5.92 Å². The zero-order chi connectivity index (χ0) is 29.9. The molecule has 5 rings (SSSR count). The maximum atomic E-state index is 13.9. The molecule has 1 fully saturated rings. The fraction of sp³-hybridized carbons (Fsp3) is 0.303. The highest BCUT2D eigenvalue weighted by atomic mass is 79.9. The van der Waals surface area contributed by atoms with Gasteiger partial charge in [0.25, 0.3) is 5.91 Å². The van der Waals surface area contributed by atoms with Crippen LogP contribution in [0.1, 0.15) is 36.5 Å². The molecule has 0 spiro atoms. The van der Waals surface area contributed by atoms with E-state index >= 15 is 0 Å². The Balaban J connectivity index is 1.33. The van der Waals surface area contributed by atoms with E-state index in [1.807, 2.05) is 66.7 Å². The lowest BCUT2D eigenvalue weighted by Gasteiger charge is -2.31. The number of aliphatic hydroxyl groups excluding tert-OH is 1. The maximum Gasteiger partial charge on any atom is 0.264 e. The number of carbonyl (C=O) groups is 3. The summed E-state index contributed by atoms with van der Waals surface area (Å²) in [6.45, 7) is 3.12.